The van der Waals surface area contributed by atoms with Gasteiger partial charge in [-0.25, -0.2) is 4.63 Å². The van der Waals surface area contributed by atoms with Crippen LogP contribution in [0, 0.1) is 12.8 Å². The van der Waals surface area contributed by atoms with Crippen molar-refractivity contribution in [2.24, 2.45) is 13.0 Å². The molecule has 2 aromatic heterocycles. The quantitative estimate of drug-likeness (QED) is 0.526. The molecule has 1 atom stereocenters. The normalized spacial score (nSPS) is 15.2. The highest BCUT2D eigenvalue weighted by Crippen LogP contribution is 2.29. The molecule has 0 aliphatic carbocycles. The molecule has 1 aliphatic rings. The van der Waals surface area contributed by atoms with Crippen molar-refractivity contribution in [3.8, 4) is 5.75 Å². The summed E-state index contributed by atoms with van der Waals surface area (Å²) in [5.41, 5.74) is 2.26. The first-order valence-corrected chi connectivity index (χ1v) is 11.4. The van der Waals surface area contributed by atoms with Gasteiger partial charge in [-0.05, 0) is 61.0 Å². The maximum Gasteiger partial charge on any atom is 0.278 e. The third-order valence-corrected chi connectivity index (χ3v) is 6.56. The Kier molecular flexibility index (Phi) is 6.95. The number of likely N-dealkylation sites (tertiary alicyclic amines) is 1. The third kappa shape index (κ3) is 4.95. The molecular weight excluding hydrogens is 436 g/mol. The average Bonchev–Trinajstić information content (AvgIpc) is 3.49. The number of rotatable bonds is 7. The van der Waals surface area contributed by atoms with Crippen molar-refractivity contribution in [2.45, 2.75) is 32.2 Å². The molecule has 2 amide bonds. The van der Waals surface area contributed by atoms with Crippen LogP contribution in [0.15, 0.2) is 41.2 Å². The number of ether oxygens (including phenoxy) is 1. The van der Waals surface area contributed by atoms with Gasteiger partial charge in [-0.2, -0.15) is 5.10 Å². The van der Waals surface area contributed by atoms with Crippen molar-refractivity contribution in [1.82, 2.24) is 29.9 Å². The highest BCUT2D eigenvalue weighted by Gasteiger charge is 2.34. The molecule has 180 valence electrons. The van der Waals surface area contributed by atoms with E-state index in [1.807, 2.05) is 31.3 Å². The van der Waals surface area contributed by atoms with Gasteiger partial charge < -0.3 is 14.5 Å². The highest BCUT2D eigenvalue weighted by molar-refractivity contribution is 5.93. The standard InChI is InChI=1S/C24H30N6O4/c1-16-22(27-34-26-16)24(32)30-12-8-18(9-13-30)21(15-17-6-5-7-19(14-17)33-4)29(3)23(31)20-10-11-28(2)25-20/h5-7,10-11,14,18,21H,8-9,12-13,15H2,1-4H3/t21-/m0/s1. The van der Waals surface area contributed by atoms with E-state index in [1.54, 1.807) is 47.8 Å². The topological polar surface area (TPSA) is 107 Å². The minimum absolute atomic E-state index is 0.0608. The van der Waals surface area contributed by atoms with E-state index in [0.717, 1.165) is 24.2 Å². The van der Waals surface area contributed by atoms with Gasteiger partial charge in [-0.3, -0.25) is 14.3 Å². The Bertz CT molecular complexity index is 1150. The Morgan fingerprint density at radius 1 is 1.24 bits per heavy atom. The van der Waals surface area contributed by atoms with Crippen LogP contribution in [-0.4, -0.2) is 75.0 Å². The molecule has 0 saturated carbocycles. The monoisotopic (exact) mass is 466 g/mol. The summed E-state index contributed by atoms with van der Waals surface area (Å²) in [6.07, 6.45) is 3.98. The van der Waals surface area contributed by atoms with Crippen molar-refractivity contribution in [1.29, 1.82) is 0 Å². The SMILES string of the molecule is COc1cccc(C[C@@H](C2CCN(C(=O)c3nonc3C)CC2)N(C)C(=O)c2ccn(C)n2)c1. The van der Waals surface area contributed by atoms with Crippen molar-refractivity contribution >= 4 is 11.8 Å². The van der Waals surface area contributed by atoms with Gasteiger partial charge in [-0.15, -0.1) is 0 Å². The fourth-order valence-electron chi connectivity index (χ4n) is 4.58. The number of aromatic nitrogens is 4. The van der Waals surface area contributed by atoms with E-state index in [0.29, 0.717) is 30.9 Å². The molecule has 10 nitrogen and oxygen atoms in total. The molecule has 10 heteroatoms. The molecule has 1 aromatic carbocycles. The van der Waals surface area contributed by atoms with Crippen LogP contribution >= 0.6 is 0 Å². The van der Waals surface area contributed by atoms with Crippen LogP contribution in [0.5, 0.6) is 5.75 Å². The molecular formula is C24H30N6O4. The predicted molar refractivity (Wildman–Crippen MR) is 123 cm³/mol. The number of amides is 2. The minimum Gasteiger partial charge on any atom is -0.497 e. The first-order chi connectivity index (χ1) is 16.4. The van der Waals surface area contributed by atoms with Crippen molar-refractivity contribution < 1.29 is 19.0 Å². The van der Waals surface area contributed by atoms with Crippen LogP contribution in [-0.2, 0) is 13.5 Å². The van der Waals surface area contributed by atoms with Gasteiger partial charge >= 0.3 is 0 Å². The second kappa shape index (κ2) is 10.1. The summed E-state index contributed by atoms with van der Waals surface area (Å²) >= 11 is 0. The number of piperidine rings is 1. The molecule has 0 radical (unpaired) electrons. The lowest BCUT2D eigenvalue weighted by molar-refractivity contribution is 0.0513. The summed E-state index contributed by atoms with van der Waals surface area (Å²) in [6.45, 7) is 2.87. The van der Waals surface area contributed by atoms with Gasteiger partial charge in [-0.1, -0.05) is 17.3 Å². The molecule has 34 heavy (non-hydrogen) atoms. The summed E-state index contributed by atoms with van der Waals surface area (Å²) < 4.78 is 11.7. The van der Waals surface area contributed by atoms with E-state index < -0.39 is 0 Å². The molecule has 1 aliphatic heterocycles. The highest BCUT2D eigenvalue weighted by atomic mass is 16.6. The summed E-state index contributed by atoms with van der Waals surface area (Å²) in [6, 6.07) is 9.60. The minimum atomic E-state index is -0.167. The first-order valence-electron chi connectivity index (χ1n) is 11.4. The molecule has 4 rings (SSSR count). The Balaban J connectivity index is 1.52. The number of nitrogens with zero attached hydrogens (tertiary/aromatic N) is 6. The number of carbonyl (C=O) groups is 2. The van der Waals surface area contributed by atoms with Crippen molar-refractivity contribution in [3.63, 3.8) is 0 Å². The molecule has 0 spiro atoms. The number of methoxy groups -OCH3 is 1. The molecule has 0 bridgehead atoms. The summed E-state index contributed by atoms with van der Waals surface area (Å²) in [5.74, 6) is 0.715. The van der Waals surface area contributed by atoms with Crippen molar-refractivity contribution in [2.75, 3.05) is 27.2 Å². The Morgan fingerprint density at radius 3 is 2.62 bits per heavy atom. The number of hydrogen-bond acceptors (Lipinski definition) is 7. The molecule has 0 N–H and O–H groups in total. The molecule has 3 aromatic rings. The molecule has 3 heterocycles. The van der Waals surface area contributed by atoms with E-state index in [2.05, 4.69) is 15.4 Å². The Labute approximate surface area is 198 Å². The first kappa shape index (κ1) is 23.5. The molecule has 1 fully saturated rings. The van der Waals surface area contributed by atoms with E-state index >= 15 is 0 Å². The number of aryl methyl sites for hydroxylation is 2. The zero-order valence-electron chi connectivity index (χ0n) is 20.0. The Morgan fingerprint density at radius 2 is 2.00 bits per heavy atom. The van der Waals surface area contributed by atoms with Gasteiger partial charge in [0.25, 0.3) is 11.8 Å². The van der Waals surface area contributed by atoms with Crippen LogP contribution in [0.25, 0.3) is 0 Å². The van der Waals surface area contributed by atoms with Crippen LogP contribution in [0.4, 0.5) is 0 Å². The van der Waals surface area contributed by atoms with Gasteiger partial charge in [0.1, 0.15) is 17.1 Å². The molecule has 0 unspecified atom stereocenters. The largest absolute Gasteiger partial charge is 0.497 e. The van der Waals surface area contributed by atoms with Gasteiger partial charge in [0, 0.05) is 39.4 Å². The third-order valence-electron chi connectivity index (χ3n) is 6.56. The predicted octanol–water partition coefficient (Wildman–Crippen LogP) is 2.36. The van der Waals surface area contributed by atoms with Gasteiger partial charge in [0.15, 0.2) is 5.69 Å². The maximum absolute atomic E-state index is 13.3. The van der Waals surface area contributed by atoms with Crippen molar-refractivity contribution in [3.05, 3.63) is 59.2 Å². The number of hydrogen-bond donors (Lipinski definition) is 0. The van der Waals surface area contributed by atoms with E-state index in [1.165, 1.54) is 0 Å². The number of carbonyl (C=O) groups excluding carboxylic acids is 2. The zero-order chi connectivity index (χ0) is 24.2. The average molecular weight is 467 g/mol. The fourth-order valence-corrected chi connectivity index (χ4v) is 4.58. The van der Waals surface area contributed by atoms with E-state index in [4.69, 9.17) is 9.37 Å². The summed E-state index contributed by atoms with van der Waals surface area (Å²) in [5, 5.41) is 11.8. The van der Waals surface area contributed by atoms with Crippen LogP contribution in [0.1, 0.15) is 45.1 Å². The number of likely N-dealkylation sites (N-methyl/N-ethyl adjacent to an activating group) is 1. The lowest BCUT2D eigenvalue weighted by Gasteiger charge is -2.39. The Hall–Kier alpha value is -3.69. The summed E-state index contributed by atoms with van der Waals surface area (Å²) in [7, 11) is 5.28. The smallest absolute Gasteiger partial charge is 0.278 e. The lowest BCUT2D eigenvalue weighted by atomic mass is 9.84. The van der Waals surface area contributed by atoms with Crippen LogP contribution in [0.3, 0.4) is 0 Å². The maximum atomic E-state index is 13.3. The van der Waals surface area contributed by atoms with Gasteiger partial charge in [0.05, 0.1) is 7.11 Å². The molecule has 1 saturated heterocycles. The fraction of sp³-hybridized carbons (Fsp3) is 0.458. The summed E-state index contributed by atoms with van der Waals surface area (Å²) in [4.78, 5) is 29.7. The van der Waals surface area contributed by atoms with E-state index in [9.17, 15) is 9.59 Å². The second-order valence-corrected chi connectivity index (χ2v) is 8.74. The van der Waals surface area contributed by atoms with Gasteiger partial charge in [0.2, 0.25) is 0 Å². The van der Waals surface area contributed by atoms with Crippen LogP contribution < -0.4 is 4.74 Å². The van der Waals surface area contributed by atoms with Crippen LogP contribution in [0.2, 0.25) is 0 Å². The number of benzene rings is 1. The lowest BCUT2D eigenvalue weighted by Crippen LogP contribution is -2.48. The zero-order valence-corrected chi connectivity index (χ0v) is 20.0. The van der Waals surface area contributed by atoms with E-state index in [-0.39, 0.29) is 29.5 Å². The second-order valence-electron chi connectivity index (χ2n) is 8.74.